The van der Waals surface area contributed by atoms with Crippen LogP contribution in [0.1, 0.15) is 33.1 Å². The predicted octanol–water partition coefficient (Wildman–Crippen LogP) is 2.60. The highest BCUT2D eigenvalue weighted by Gasteiger charge is 2.31. The van der Waals surface area contributed by atoms with Gasteiger partial charge in [-0.25, -0.2) is 0 Å². The molecule has 5 heteroatoms. The molecule has 1 unspecified atom stereocenters. The minimum Gasteiger partial charge on any atom is -0.497 e. The van der Waals surface area contributed by atoms with E-state index in [0.717, 1.165) is 24.3 Å². The minimum absolute atomic E-state index is 0.0739. The van der Waals surface area contributed by atoms with Crippen molar-refractivity contribution in [3.63, 3.8) is 0 Å². The summed E-state index contributed by atoms with van der Waals surface area (Å²) in [5.74, 6) is 1.23. The molecule has 1 saturated heterocycles. The van der Waals surface area contributed by atoms with Crippen molar-refractivity contribution in [2.24, 2.45) is 11.8 Å². The average molecular weight is 318 g/mol. The first-order valence-corrected chi connectivity index (χ1v) is 8.31. The Morgan fingerprint density at radius 2 is 1.96 bits per heavy atom. The van der Waals surface area contributed by atoms with Crippen LogP contribution in [-0.4, -0.2) is 32.0 Å². The van der Waals surface area contributed by atoms with Gasteiger partial charge >= 0.3 is 0 Å². The summed E-state index contributed by atoms with van der Waals surface area (Å²) in [7, 11) is 1.62. The Morgan fingerprint density at radius 1 is 1.30 bits per heavy atom. The molecule has 1 aliphatic heterocycles. The molecule has 1 aromatic rings. The van der Waals surface area contributed by atoms with Gasteiger partial charge in [-0.15, -0.1) is 0 Å². The number of hydrogen-bond acceptors (Lipinski definition) is 3. The monoisotopic (exact) mass is 318 g/mol. The van der Waals surface area contributed by atoms with Gasteiger partial charge in [-0.2, -0.15) is 0 Å². The van der Waals surface area contributed by atoms with Crippen LogP contribution in [0.3, 0.4) is 0 Å². The Morgan fingerprint density at radius 3 is 2.52 bits per heavy atom. The average Bonchev–Trinajstić information content (AvgIpc) is 2.95. The van der Waals surface area contributed by atoms with Crippen LogP contribution in [0.25, 0.3) is 0 Å². The first kappa shape index (κ1) is 17.3. The van der Waals surface area contributed by atoms with E-state index in [-0.39, 0.29) is 23.7 Å². The highest BCUT2D eigenvalue weighted by Crippen LogP contribution is 2.26. The Labute approximate surface area is 138 Å². The van der Waals surface area contributed by atoms with E-state index in [9.17, 15) is 9.59 Å². The van der Waals surface area contributed by atoms with E-state index in [0.29, 0.717) is 19.5 Å². The van der Waals surface area contributed by atoms with Gasteiger partial charge < -0.3 is 15.0 Å². The third-order valence-electron chi connectivity index (χ3n) is 4.51. The molecular weight excluding hydrogens is 292 g/mol. The second kappa shape index (κ2) is 7.99. The summed E-state index contributed by atoms with van der Waals surface area (Å²) in [5.41, 5.74) is 0.879. The van der Waals surface area contributed by atoms with Gasteiger partial charge in [0.1, 0.15) is 5.75 Å². The van der Waals surface area contributed by atoms with Gasteiger partial charge in [-0.3, -0.25) is 9.59 Å². The molecule has 1 heterocycles. The summed E-state index contributed by atoms with van der Waals surface area (Å²) in [6.45, 7) is 5.26. The Hall–Kier alpha value is -2.04. The predicted molar refractivity (Wildman–Crippen MR) is 90.5 cm³/mol. The summed E-state index contributed by atoms with van der Waals surface area (Å²) >= 11 is 0. The lowest BCUT2D eigenvalue weighted by molar-refractivity contribution is -0.125. The molecule has 5 nitrogen and oxygen atoms in total. The van der Waals surface area contributed by atoms with Gasteiger partial charge in [-0.1, -0.05) is 13.8 Å². The molecule has 23 heavy (non-hydrogen) atoms. The third-order valence-corrected chi connectivity index (χ3v) is 4.51. The highest BCUT2D eigenvalue weighted by molar-refractivity contribution is 5.95. The molecule has 1 aliphatic rings. The normalized spacial score (nSPS) is 17.7. The van der Waals surface area contributed by atoms with Crippen LogP contribution >= 0.6 is 0 Å². The minimum atomic E-state index is 0.0739. The van der Waals surface area contributed by atoms with E-state index in [1.807, 2.05) is 38.1 Å². The molecule has 1 N–H and O–H groups in total. The van der Waals surface area contributed by atoms with Crippen LogP contribution in [0.4, 0.5) is 5.69 Å². The van der Waals surface area contributed by atoms with Crippen molar-refractivity contribution in [3.05, 3.63) is 24.3 Å². The largest absolute Gasteiger partial charge is 0.497 e. The van der Waals surface area contributed by atoms with Crippen molar-refractivity contribution >= 4 is 17.5 Å². The maximum Gasteiger partial charge on any atom is 0.227 e. The lowest BCUT2D eigenvalue weighted by Crippen LogP contribution is -2.35. The van der Waals surface area contributed by atoms with Crippen LogP contribution in [0, 0.1) is 11.8 Å². The third kappa shape index (κ3) is 4.24. The van der Waals surface area contributed by atoms with Crippen molar-refractivity contribution in [1.82, 2.24) is 5.32 Å². The molecule has 0 aromatic heterocycles. The van der Waals surface area contributed by atoms with Gasteiger partial charge in [-0.05, 0) is 37.1 Å². The zero-order valence-electron chi connectivity index (χ0n) is 14.2. The van der Waals surface area contributed by atoms with Crippen LogP contribution in [0.5, 0.6) is 5.75 Å². The Kier molecular flexibility index (Phi) is 6.02. The van der Waals surface area contributed by atoms with Gasteiger partial charge in [0.05, 0.1) is 7.11 Å². The molecule has 0 spiro atoms. The summed E-state index contributed by atoms with van der Waals surface area (Å²) < 4.78 is 5.14. The van der Waals surface area contributed by atoms with E-state index in [4.69, 9.17) is 4.74 Å². The van der Waals surface area contributed by atoms with Crippen molar-refractivity contribution in [3.8, 4) is 5.75 Å². The van der Waals surface area contributed by atoms with Crippen molar-refractivity contribution < 1.29 is 14.3 Å². The number of methoxy groups -OCH3 is 1. The van der Waals surface area contributed by atoms with Crippen LogP contribution in [0.15, 0.2) is 24.3 Å². The van der Waals surface area contributed by atoms with E-state index in [2.05, 4.69) is 5.32 Å². The summed E-state index contributed by atoms with van der Waals surface area (Å²) in [6, 6.07) is 7.49. The fourth-order valence-corrected chi connectivity index (χ4v) is 2.98. The summed E-state index contributed by atoms with van der Waals surface area (Å²) in [6.07, 6.45) is 2.18. The fourth-order valence-electron chi connectivity index (χ4n) is 2.98. The number of nitrogens with one attached hydrogen (secondary N) is 1. The molecule has 126 valence electrons. The van der Waals surface area contributed by atoms with Crippen LogP contribution in [-0.2, 0) is 9.59 Å². The number of hydrogen-bond donors (Lipinski definition) is 1. The zero-order chi connectivity index (χ0) is 16.8. The molecule has 1 atom stereocenters. The first-order chi connectivity index (χ1) is 11.1. The van der Waals surface area contributed by atoms with Crippen LogP contribution < -0.4 is 15.0 Å². The maximum absolute atomic E-state index is 12.2. The second-order valence-electron chi connectivity index (χ2n) is 6.03. The van der Waals surface area contributed by atoms with E-state index >= 15 is 0 Å². The zero-order valence-corrected chi connectivity index (χ0v) is 14.2. The van der Waals surface area contributed by atoms with Gasteiger partial charge in [0.2, 0.25) is 11.8 Å². The number of carbonyl (C=O) groups is 2. The molecule has 0 saturated carbocycles. The topological polar surface area (TPSA) is 58.6 Å². The quantitative estimate of drug-likeness (QED) is 0.840. The van der Waals surface area contributed by atoms with Crippen molar-refractivity contribution in [2.75, 3.05) is 25.1 Å². The van der Waals surface area contributed by atoms with Crippen molar-refractivity contribution in [1.29, 1.82) is 0 Å². The summed E-state index contributed by atoms with van der Waals surface area (Å²) in [4.78, 5) is 26.0. The lowest BCUT2D eigenvalue weighted by Gasteiger charge is -2.18. The van der Waals surface area contributed by atoms with Crippen LogP contribution in [0.2, 0.25) is 0 Å². The number of nitrogens with zero attached hydrogens (tertiary/aromatic N) is 1. The van der Waals surface area contributed by atoms with E-state index < -0.39 is 0 Å². The lowest BCUT2D eigenvalue weighted by atomic mass is 10.0. The number of benzene rings is 1. The SMILES string of the molecule is CCC(CC)C(=O)NCC1CC(=O)N(c2ccc(OC)cc2)C1. The molecule has 0 bridgehead atoms. The molecule has 1 aromatic carbocycles. The van der Waals surface area contributed by atoms with Gasteiger partial charge in [0.25, 0.3) is 0 Å². The van der Waals surface area contributed by atoms with E-state index in [1.54, 1.807) is 12.0 Å². The maximum atomic E-state index is 12.2. The molecule has 0 aliphatic carbocycles. The summed E-state index contributed by atoms with van der Waals surface area (Å²) in [5, 5.41) is 3.00. The van der Waals surface area contributed by atoms with Crippen molar-refractivity contribution in [2.45, 2.75) is 33.1 Å². The number of ether oxygens (including phenoxy) is 1. The number of amides is 2. The number of carbonyl (C=O) groups excluding carboxylic acids is 2. The van der Waals surface area contributed by atoms with Gasteiger partial charge in [0.15, 0.2) is 0 Å². The first-order valence-electron chi connectivity index (χ1n) is 8.31. The standard InChI is InChI=1S/C18H26N2O3/c1-4-14(5-2)18(22)19-11-13-10-17(21)20(12-13)15-6-8-16(23-3)9-7-15/h6-9,13-14H,4-5,10-12H2,1-3H3,(H,19,22). The van der Waals surface area contributed by atoms with Gasteiger partial charge in [0, 0.05) is 37.0 Å². The molecular formula is C18H26N2O3. The smallest absolute Gasteiger partial charge is 0.227 e. The Balaban J connectivity index is 1.90. The molecule has 2 amide bonds. The fraction of sp³-hybridized carbons (Fsp3) is 0.556. The Bertz CT molecular complexity index is 538. The molecule has 1 fully saturated rings. The highest BCUT2D eigenvalue weighted by atomic mass is 16.5. The molecule has 2 rings (SSSR count). The number of rotatable bonds is 7. The van der Waals surface area contributed by atoms with E-state index in [1.165, 1.54) is 0 Å². The number of anilines is 1. The molecule has 0 radical (unpaired) electrons. The second-order valence-corrected chi connectivity index (χ2v) is 6.03.